The number of carboxylic acid groups (broad SMARTS) is 1. The van der Waals surface area contributed by atoms with E-state index in [0.29, 0.717) is 0 Å². The predicted molar refractivity (Wildman–Crippen MR) is 118 cm³/mol. The first-order valence-electron chi connectivity index (χ1n) is 10.8. The average Bonchev–Trinajstić information content (AvgIpc) is 3.36. The maximum atomic E-state index is 12.2. The highest BCUT2D eigenvalue weighted by molar-refractivity contribution is 5.85. The van der Waals surface area contributed by atoms with Gasteiger partial charge in [0.15, 0.2) is 0 Å². The van der Waals surface area contributed by atoms with Crippen LogP contribution < -0.4 is 5.32 Å². The van der Waals surface area contributed by atoms with E-state index >= 15 is 0 Å². The third kappa shape index (κ3) is 4.99. The SMILES string of the molecule is O=C(NCCOCC(=O)N1C[C@H](O)C[C@H]1C(=O)O)OCC1c2ccccc2-c2ccccc21. The molecular formula is C24H26N2O7. The summed E-state index contributed by atoms with van der Waals surface area (Å²) < 4.78 is 10.7. The third-order valence-corrected chi connectivity index (χ3v) is 5.97. The van der Waals surface area contributed by atoms with E-state index in [-0.39, 0.29) is 45.2 Å². The maximum absolute atomic E-state index is 12.2. The number of carboxylic acids is 1. The Bertz CT molecular complexity index is 995. The van der Waals surface area contributed by atoms with Crippen molar-refractivity contribution in [2.45, 2.75) is 24.5 Å². The van der Waals surface area contributed by atoms with Gasteiger partial charge in [0.25, 0.3) is 0 Å². The molecule has 4 rings (SSSR count). The second-order valence-corrected chi connectivity index (χ2v) is 8.09. The van der Waals surface area contributed by atoms with Crippen LogP contribution in [0.3, 0.4) is 0 Å². The lowest BCUT2D eigenvalue weighted by Gasteiger charge is -2.21. The summed E-state index contributed by atoms with van der Waals surface area (Å²) >= 11 is 0. The summed E-state index contributed by atoms with van der Waals surface area (Å²) in [6, 6.07) is 15.1. The van der Waals surface area contributed by atoms with Gasteiger partial charge in [-0.15, -0.1) is 0 Å². The number of aliphatic hydroxyl groups is 1. The van der Waals surface area contributed by atoms with Crippen LogP contribution in [0.2, 0.25) is 0 Å². The number of rotatable bonds is 8. The molecule has 33 heavy (non-hydrogen) atoms. The number of ether oxygens (including phenoxy) is 2. The van der Waals surface area contributed by atoms with Crippen molar-refractivity contribution in [2.24, 2.45) is 0 Å². The van der Waals surface area contributed by atoms with Crippen LogP contribution in [0.4, 0.5) is 4.79 Å². The van der Waals surface area contributed by atoms with Crippen molar-refractivity contribution < 1.29 is 34.1 Å². The van der Waals surface area contributed by atoms with Crippen LogP contribution in [0, 0.1) is 0 Å². The van der Waals surface area contributed by atoms with Gasteiger partial charge in [-0.1, -0.05) is 48.5 Å². The molecule has 3 N–H and O–H groups in total. The first kappa shape index (κ1) is 22.8. The Balaban J connectivity index is 1.19. The monoisotopic (exact) mass is 454 g/mol. The lowest BCUT2D eigenvalue weighted by atomic mass is 9.98. The lowest BCUT2D eigenvalue weighted by molar-refractivity contribution is -0.150. The van der Waals surface area contributed by atoms with E-state index in [1.165, 1.54) is 0 Å². The van der Waals surface area contributed by atoms with E-state index in [9.17, 15) is 19.5 Å². The zero-order valence-electron chi connectivity index (χ0n) is 18.0. The van der Waals surface area contributed by atoms with Gasteiger partial charge < -0.3 is 29.9 Å². The normalized spacial score (nSPS) is 19.1. The number of aliphatic hydroxyl groups excluding tert-OH is 1. The first-order valence-corrected chi connectivity index (χ1v) is 10.8. The molecule has 1 saturated heterocycles. The van der Waals surface area contributed by atoms with Crippen molar-refractivity contribution in [2.75, 3.05) is 32.9 Å². The average molecular weight is 454 g/mol. The number of fused-ring (bicyclic) bond motifs is 3. The maximum Gasteiger partial charge on any atom is 0.407 e. The number of benzene rings is 2. The van der Waals surface area contributed by atoms with Gasteiger partial charge in [0.05, 0.1) is 12.7 Å². The summed E-state index contributed by atoms with van der Waals surface area (Å²) in [5.41, 5.74) is 4.55. The van der Waals surface area contributed by atoms with Gasteiger partial charge in [-0.3, -0.25) is 4.79 Å². The van der Waals surface area contributed by atoms with Gasteiger partial charge in [-0.2, -0.15) is 0 Å². The Morgan fingerprint density at radius 3 is 2.30 bits per heavy atom. The van der Waals surface area contributed by atoms with Gasteiger partial charge >= 0.3 is 12.1 Å². The van der Waals surface area contributed by atoms with Gasteiger partial charge in [0, 0.05) is 25.4 Å². The predicted octanol–water partition coefficient (Wildman–Crippen LogP) is 1.59. The highest BCUT2D eigenvalue weighted by Crippen LogP contribution is 2.44. The molecule has 2 atom stereocenters. The molecule has 9 nitrogen and oxygen atoms in total. The third-order valence-electron chi connectivity index (χ3n) is 5.97. The molecule has 1 aliphatic carbocycles. The standard InChI is InChI=1S/C24H26N2O7/c27-15-11-21(23(29)30)26(12-15)22(28)14-32-10-9-25-24(31)33-13-20-18-7-3-1-5-16(18)17-6-2-4-8-19(17)20/h1-8,15,20-21,27H,9-14H2,(H,25,31)(H,29,30)/t15-,21+/m1/s1. The summed E-state index contributed by atoms with van der Waals surface area (Å²) in [6.45, 7) is 0.0338. The minimum Gasteiger partial charge on any atom is -0.480 e. The number of amides is 2. The van der Waals surface area contributed by atoms with Gasteiger partial charge in [0.1, 0.15) is 19.3 Å². The molecule has 1 heterocycles. The van der Waals surface area contributed by atoms with E-state index in [1.807, 2.05) is 36.4 Å². The number of nitrogens with one attached hydrogen (secondary N) is 1. The quantitative estimate of drug-likeness (QED) is 0.517. The van der Waals surface area contributed by atoms with Crippen molar-refractivity contribution in [3.05, 3.63) is 59.7 Å². The van der Waals surface area contributed by atoms with Gasteiger partial charge in [-0.05, 0) is 22.3 Å². The Kier molecular flexibility index (Phi) is 6.90. The second-order valence-electron chi connectivity index (χ2n) is 8.09. The molecule has 0 bridgehead atoms. The fourth-order valence-corrected chi connectivity index (χ4v) is 4.44. The summed E-state index contributed by atoms with van der Waals surface area (Å²) in [5, 5.41) is 21.4. The van der Waals surface area contributed by atoms with Crippen molar-refractivity contribution in [3.8, 4) is 11.1 Å². The van der Waals surface area contributed by atoms with Crippen LogP contribution in [0.25, 0.3) is 11.1 Å². The molecule has 2 aromatic carbocycles. The van der Waals surface area contributed by atoms with E-state index in [0.717, 1.165) is 27.2 Å². The Morgan fingerprint density at radius 2 is 1.67 bits per heavy atom. The number of likely N-dealkylation sites (tertiary alicyclic amines) is 1. The van der Waals surface area contributed by atoms with Gasteiger partial charge in [0.2, 0.25) is 5.91 Å². The van der Waals surface area contributed by atoms with Crippen molar-refractivity contribution in [3.63, 3.8) is 0 Å². The van der Waals surface area contributed by atoms with E-state index in [2.05, 4.69) is 17.4 Å². The largest absolute Gasteiger partial charge is 0.480 e. The number of β-amino-alcohol motifs (C(OH)–C–C–N with tert-alkyl or cyclic N) is 1. The molecule has 174 valence electrons. The molecule has 0 aromatic heterocycles. The smallest absolute Gasteiger partial charge is 0.407 e. The first-order chi connectivity index (χ1) is 16.0. The number of aliphatic carboxylic acids is 1. The topological polar surface area (TPSA) is 125 Å². The molecule has 0 radical (unpaired) electrons. The van der Waals surface area contributed by atoms with Crippen LogP contribution in [-0.2, 0) is 19.1 Å². The van der Waals surface area contributed by atoms with Crippen molar-refractivity contribution in [1.29, 1.82) is 0 Å². The van der Waals surface area contributed by atoms with Crippen molar-refractivity contribution in [1.82, 2.24) is 10.2 Å². The van der Waals surface area contributed by atoms with Crippen LogP contribution in [0.5, 0.6) is 0 Å². The Labute approximate surface area is 190 Å². The number of hydrogen-bond donors (Lipinski definition) is 3. The molecule has 2 amide bonds. The van der Waals surface area contributed by atoms with Crippen molar-refractivity contribution >= 4 is 18.0 Å². The zero-order chi connectivity index (χ0) is 23.4. The number of nitrogens with zero attached hydrogens (tertiary/aromatic N) is 1. The van der Waals surface area contributed by atoms with E-state index < -0.39 is 30.1 Å². The van der Waals surface area contributed by atoms with Crippen LogP contribution in [-0.4, -0.2) is 78.1 Å². The molecule has 1 aliphatic heterocycles. The zero-order valence-corrected chi connectivity index (χ0v) is 18.0. The minimum atomic E-state index is -1.16. The minimum absolute atomic E-state index is 0.00438. The van der Waals surface area contributed by atoms with E-state index in [1.54, 1.807) is 0 Å². The second kappa shape index (κ2) is 10.0. The molecule has 0 saturated carbocycles. The highest BCUT2D eigenvalue weighted by atomic mass is 16.5. The molecule has 2 aliphatic rings. The Hall–Kier alpha value is -3.43. The van der Waals surface area contributed by atoms with Crippen LogP contribution >= 0.6 is 0 Å². The fourth-order valence-electron chi connectivity index (χ4n) is 4.44. The molecule has 2 aromatic rings. The molecule has 0 unspecified atom stereocenters. The number of carbonyl (C=O) groups is 3. The number of hydrogen-bond acceptors (Lipinski definition) is 6. The summed E-state index contributed by atoms with van der Waals surface area (Å²) in [4.78, 5) is 36.6. The molecular weight excluding hydrogens is 428 g/mol. The van der Waals surface area contributed by atoms with Gasteiger partial charge in [-0.25, -0.2) is 9.59 Å². The summed E-state index contributed by atoms with van der Waals surface area (Å²) in [5.74, 6) is -1.70. The number of carbonyl (C=O) groups excluding carboxylic acids is 2. The van der Waals surface area contributed by atoms with Crippen LogP contribution in [0.1, 0.15) is 23.5 Å². The molecule has 0 spiro atoms. The summed E-state index contributed by atoms with van der Waals surface area (Å²) in [6.07, 6.45) is -1.43. The van der Waals surface area contributed by atoms with Crippen LogP contribution in [0.15, 0.2) is 48.5 Å². The fraction of sp³-hybridized carbons (Fsp3) is 0.375. The number of alkyl carbamates (subject to hydrolysis) is 1. The van der Waals surface area contributed by atoms with E-state index in [4.69, 9.17) is 14.6 Å². The molecule has 1 fully saturated rings. The molecule has 9 heteroatoms. The summed E-state index contributed by atoms with van der Waals surface area (Å²) in [7, 11) is 0. The highest BCUT2D eigenvalue weighted by Gasteiger charge is 2.38. The Morgan fingerprint density at radius 1 is 1.03 bits per heavy atom. The lowest BCUT2D eigenvalue weighted by Crippen LogP contribution is -2.42.